The maximum Gasteiger partial charge on any atom is 0.290 e. The van der Waals surface area contributed by atoms with Gasteiger partial charge in [0.15, 0.2) is 0 Å². The average Bonchev–Trinajstić information content (AvgIpc) is 2.62. The Labute approximate surface area is 161 Å². The van der Waals surface area contributed by atoms with E-state index >= 15 is 0 Å². The van der Waals surface area contributed by atoms with Crippen molar-refractivity contribution >= 4 is 11.7 Å². The van der Waals surface area contributed by atoms with Gasteiger partial charge in [-0.2, -0.15) is 0 Å². The zero-order valence-corrected chi connectivity index (χ0v) is 17.7. The van der Waals surface area contributed by atoms with Crippen LogP contribution in [0.3, 0.4) is 0 Å². The monoisotopic (exact) mass is 367 g/mol. The van der Waals surface area contributed by atoms with Crippen molar-refractivity contribution in [1.82, 2.24) is 4.90 Å². The molecule has 1 amide bonds. The van der Waals surface area contributed by atoms with Crippen LogP contribution in [0.5, 0.6) is 0 Å². The first-order valence-electron chi connectivity index (χ1n) is 11.1. The molecule has 1 aliphatic rings. The number of nitrogens with zero attached hydrogens (tertiary/aromatic N) is 2. The summed E-state index contributed by atoms with van der Waals surface area (Å²) in [7, 11) is 4.35. The number of piperazine rings is 1. The lowest BCUT2D eigenvalue weighted by atomic mass is 10.0. The third-order valence-electron chi connectivity index (χ3n) is 5.73. The van der Waals surface area contributed by atoms with Crippen molar-refractivity contribution in [1.29, 1.82) is 0 Å². The standard InChI is InChI=1S/C22H43N2O2/c1-4-5-6-7-8-9-10-11-12-13-14-15-16-21(25)22(26)23-17-19-24(2,3)20-18-23/h4-20H2,1-3H3/q+1. The van der Waals surface area contributed by atoms with Crippen molar-refractivity contribution in [2.45, 2.75) is 90.4 Å². The number of carbonyl (C=O) groups is 2. The van der Waals surface area contributed by atoms with E-state index in [1.54, 1.807) is 4.90 Å². The van der Waals surface area contributed by atoms with Crippen molar-refractivity contribution < 1.29 is 14.1 Å². The van der Waals surface area contributed by atoms with Crippen LogP contribution in [-0.2, 0) is 9.59 Å². The SMILES string of the molecule is CCCCCCCCCCCCCCC(=O)C(=O)N1CC[N+](C)(C)CC1. The highest BCUT2D eigenvalue weighted by Crippen LogP contribution is 2.13. The van der Waals surface area contributed by atoms with Crippen LogP contribution in [-0.4, -0.2) is 61.3 Å². The second kappa shape index (κ2) is 13.3. The lowest BCUT2D eigenvalue weighted by Gasteiger charge is -2.38. The topological polar surface area (TPSA) is 37.4 Å². The van der Waals surface area contributed by atoms with Gasteiger partial charge in [-0.1, -0.05) is 77.6 Å². The quantitative estimate of drug-likeness (QED) is 0.256. The van der Waals surface area contributed by atoms with Crippen molar-refractivity contribution in [3.05, 3.63) is 0 Å². The van der Waals surface area contributed by atoms with Gasteiger partial charge in [0.25, 0.3) is 5.91 Å². The first-order valence-corrected chi connectivity index (χ1v) is 11.1. The molecule has 0 aromatic heterocycles. The second-order valence-electron chi connectivity index (χ2n) is 8.74. The Balaban J connectivity index is 1.94. The average molecular weight is 368 g/mol. The molecule has 0 saturated carbocycles. The number of unbranched alkanes of at least 4 members (excludes halogenated alkanes) is 11. The van der Waals surface area contributed by atoms with Crippen LogP contribution < -0.4 is 0 Å². The number of likely N-dealkylation sites (N-methyl/N-ethyl adjacent to an activating group) is 1. The molecule has 1 aliphatic heterocycles. The van der Waals surface area contributed by atoms with Crippen molar-refractivity contribution in [3.63, 3.8) is 0 Å². The minimum absolute atomic E-state index is 0.177. The van der Waals surface area contributed by atoms with Gasteiger partial charge in [0, 0.05) is 6.42 Å². The molecule has 0 radical (unpaired) electrons. The van der Waals surface area contributed by atoms with Crippen molar-refractivity contribution in [2.24, 2.45) is 0 Å². The number of amides is 1. The van der Waals surface area contributed by atoms with Gasteiger partial charge in [0.05, 0.1) is 40.3 Å². The molecule has 1 fully saturated rings. The van der Waals surface area contributed by atoms with E-state index in [-0.39, 0.29) is 11.7 Å². The van der Waals surface area contributed by atoms with E-state index in [4.69, 9.17) is 0 Å². The van der Waals surface area contributed by atoms with Gasteiger partial charge in [0.1, 0.15) is 0 Å². The Morgan fingerprint density at radius 1 is 0.731 bits per heavy atom. The minimum Gasteiger partial charge on any atom is -0.326 e. The molecular weight excluding hydrogens is 324 g/mol. The highest BCUT2D eigenvalue weighted by atomic mass is 16.2. The summed E-state index contributed by atoms with van der Waals surface area (Å²) in [6.07, 6.45) is 15.8. The third-order valence-corrected chi connectivity index (χ3v) is 5.73. The fraction of sp³-hybridized carbons (Fsp3) is 0.909. The summed E-state index contributed by atoms with van der Waals surface area (Å²) in [5, 5.41) is 0. The van der Waals surface area contributed by atoms with Gasteiger partial charge in [-0.3, -0.25) is 9.59 Å². The number of hydrogen-bond acceptors (Lipinski definition) is 2. The summed E-state index contributed by atoms with van der Waals surface area (Å²) in [6.45, 7) is 5.58. The molecule has 0 unspecified atom stereocenters. The van der Waals surface area contributed by atoms with E-state index in [1.165, 1.54) is 64.2 Å². The molecule has 152 valence electrons. The lowest BCUT2D eigenvalue weighted by molar-refractivity contribution is -0.894. The highest BCUT2D eigenvalue weighted by Gasteiger charge is 2.29. The number of rotatable bonds is 14. The summed E-state index contributed by atoms with van der Waals surface area (Å²) in [5.74, 6) is -0.419. The van der Waals surface area contributed by atoms with Crippen LogP contribution in [0.1, 0.15) is 90.4 Å². The number of Topliss-reactive ketones (excluding diaryl/α,β-unsaturated/α-hetero) is 1. The van der Waals surface area contributed by atoms with Gasteiger partial charge < -0.3 is 9.38 Å². The molecule has 0 spiro atoms. The van der Waals surface area contributed by atoms with E-state index < -0.39 is 0 Å². The van der Waals surface area contributed by atoms with Crippen molar-refractivity contribution in [2.75, 3.05) is 40.3 Å². The van der Waals surface area contributed by atoms with E-state index in [0.29, 0.717) is 6.42 Å². The van der Waals surface area contributed by atoms with Crippen LogP contribution in [0.2, 0.25) is 0 Å². The molecule has 1 heterocycles. The van der Waals surface area contributed by atoms with E-state index in [1.807, 2.05) is 0 Å². The largest absolute Gasteiger partial charge is 0.326 e. The molecule has 26 heavy (non-hydrogen) atoms. The summed E-state index contributed by atoms with van der Waals surface area (Å²) in [4.78, 5) is 26.1. The molecule has 0 bridgehead atoms. The molecule has 0 atom stereocenters. The zero-order valence-electron chi connectivity index (χ0n) is 17.7. The highest BCUT2D eigenvalue weighted by molar-refractivity contribution is 6.36. The van der Waals surface area contributed by atoms with E-state index in [2.05, 4.69) is 21.0 Å². The Morgan fingerprint density at radius 2 is 1.15 bits per heavy atom. The predicted molar refractivity (Wildman–Crippen MR) is 109 cm³/mol. The van der Waals surface area contributed by atoms with Gasteiger partial charge in [-0.15, -0.1) is 0 Å². The second-order valence-corrected chi connectivity index (χ2v) is 8.74. The smallest absolute Gasteiger partial charge is 0.290 e. The number of ketones is 1. The predicted octanol–water partition coefficient (Wildman–Crippen LogP) is 4.57. The lowest BCUT2D eigenvalue weighted by Crippen LogP contribution is -2.57. The van der Waals surface area contributed by atoms with Crippen LogP contribution in [0.15, 0.2) is 0 Å². The Morgan fingerprint density at radius 3 is 1.62 bits per heavy atom. The van der Waals surface area contributed by atoms with Gasteiger partial charge in [-0.25, -0.2) is 0 Å². The Hall–Kier alpha value is -0.900. The molecule has 0 aliphatic carbocycles. The molecule has 4 heteroatoms. The third kappa shape index (κ3) is 10.3. The van der Waals surface area contributed by atoms with Crippen molar-refractivity contribution in [3.8, 4) is 0 Å². The van der Waals surface area contributed by atoms with Gasteiger partial charge in [-0.05, 0) is 6.42 Å². The zero-order chi connectivity index (χ0) is 19.3. The number of quaternary nitrogens is 1. The maximum atomic E-state index is 12.2. The number of hydrogen-bond donors (Lipinski definition) is 0. The van der Waals surface area contributed by atoms with E-state index in [9.17, 15) is 9.59 Å². The van der Waals surface area contributed by atoms with Crippen LogP contribution in [0.4, 0.5) is 0 Å². The molecule has 4 nitrogen and oxygen atoms in total. The fourth-order valence-electron chi connectivity index (χ4n) is 3.62. The van der Waals surface area contributed by atoms with Crippen LogP contribution in [0.25, 0.3) is 0 Å². The first kappa shape index (κ1) is 23.1. The Bertz CT molecular complexity index is 397. The fourth-order valence-corrected chi connectivity index (χ4v) is 3.62. The van der Waals surface area contributed by atoms with Crippen LogP contribution >= 0.6 is 0 Å². The molecular formula is C22H43N2O2+. The molecule has 1 saturated heterocycles. The minimum atomic E-state index is -0.243. The van der Waals surface area contributed by atoms with Crippen LogP contribution in [0, 0.1) is 0 Å². The summed E-state index contributed by atoms with van der Waals surface area (Å²) < 4.78 is 0.941. The van der Waals surface area contributed by atoms with Gasteiger partial charge >= 0.3 is 0 Å². The molecule has 0 N–H and O–H groups in total. The summed E-state index contributed by atoms with van der Waals surface area (Å²) in [6, 6.07) is 0. The summed E-state index contributed by atoms with van der Waals surface area (Å²) >= 11 is 0. The van der Waals surface area contributed by atoms with E-state index in [0.717, 1.165) is 43.5 Å². The Kier molecular flexibility index (Phi) is 11.8. The molecule has 0 aromatic rings. The maximum absolute atomic E-state index is 12.2. The summed E-state index contributed by atoms with van der Waals surface area (Å²) in [5.41, 5.74) is 0. The molecule has 1 rings (SSSR count). The van der Waals surface area contributed by atoms with Gasteiger partial charge in [0.2, 0.25) is 5.78 Å². The number of carbonyl (C=O) groups excluding carboxylic acids is 2. The normalized spacial score (nSPS) is 16.7. The molecule has 0 aromatic carbocycles. The first-order chi connectivity index (χ1) is 12.5.